The average molecular weight is 370 g/mol. The molecule has 27 heavy (non-hydrogen) atoms. The molecule has 4 nitrogen and oxygen atoms in total. The quantitative estimate of drug-likeness (QED) is 0.491. The van der Waals surface area contributed by atoms with Gasteiger partial charge in [0.25, 0.3) is 0 Å². The number of hydrogen-bond donors (Lipinski definition) is 1. The van der Waals surface area contributed by atoms with Crippen LogP contribution < -0.4 is 5.32 Å². The predicted octanol–water partition coefficient (Wildman–Crippen LogP) is 3.35. The van der Waals surface area contributed by atoms with Gasteiger partial charge in [-0.1, -0.05) is 37.3 Å². The van der Waals surface area contributed by atoms with Gasteiger partial charge in [0.15, 0.2) is 0 Å². The van der Waals surface area contributed by atoms with E-state index in [1.54, 1.807) is 0 Å². The zero-order valence-electron chi connectivity index (χ0n) is 16.3. The van der Waals surface area contributed by atoms with E-state index in [1.165, 1.54) is 24.8 Å². The van der Waals surface area contributed by atoms with Crippen LogP contribution in [0.4, 0.5) is 0 Å². The highest BCUT2D eigenvalue weighted by atomic mass is 16.6. The van der Waals surface area contributed by atoms with Gasteiger partial charge in [-0.15, -0.1) is 0 Å². The minimum atomic E-state index is 0.00745. The number of rotatable bonds is 5. The summed E-state index contributed by atoms with van der Waals surface area (Å²) in [5.74, 6) is 0.985. The predicted molar refractivity (Wildman–Crippen MR) is 103 cm³/mol. The van der Waals surface area contributed by atoms with Crippen molar-refractivity contribution in [3.8, 4) is 0 Å². The first kappa shape index (κ1) is 17.7. The van der Waals surface area contributed by atoms with Gasteiger partial charge in [-0.05, 0) is 62.0 Å². The first-order chi connectivity index (χ1) is 13.1. The number of nitrogens with one attached hydrogen (secondary N) is 1. The van der Waals surface area contributed by atoms with Crippen LogP contribution in [0.25, 0.3) is 0 Å². The van der Waals surface area contributed by atoms with E-state index in [2.05, 4.69) is 36.5 Å². The molecule has 1 spiro atoms. The van der Waals surface area contributed by atoms with Gasteiger partial charge in [0.2, 0.25) is 0 Å². The molecule has 0 aromatic heterocycles. The number of epoxide rings is 1. The third-order valence-corrected chi connectivity index (χ3v) is 7.88. The zero-order chi connectivity index (χ0) is 18.5. The van der Waals surface area contributed by atoms with E-state index in [1.807, 2.05) is 6.07 Å². The Bertz CT molecular complexity index is 701. The number of ether oxygens (including phenoxy) is 2. The van der Waals surface area contributed by atoms with Crippen molar-refractivity contribution in [3.63, 3.8) is 0 Å². The molecule has 2 saturated heterocycles. The number of carbonyl (C=O) groups excluding carboxylic acids is 1. The lowest BCUT2D eigenvalue weighted by molar-refractivity contribution is -0.147. The molecule has 1 aromatic rings. The normalized spacial score (nSPS) is 42.5. The van der Waals surface area contributed by atoms with Crippen LogP contribution in [0.2, 0.25) is 0 Å². The van der Waals surface area contributed by atoms with Gasteiger partial charge in [-0.25, -0.2) is 0 Å². The van der Waals surface area contributed by atoms with Crippen molar-refractivity contribution in [1.82, 2.24) is 5.32 Å². The van der Waals surface area contributed by atoms with Gasteiger partial charge in [-0.3, -0.25) is 4.79 Å². The molecule has 146 valence electrons. The largest absolute Gasteiger partial charge is 0.462 e. The van der Waals surface area contributed by atoms with Crippen molar-refractivity contribution in [1.29, 1.82) is 0 Å². The summed E-state index contributed by atoms with van der Waals surface area (Å²) in [6.45, 7) is 4.98. The van der Waals surface area contributed by atoms with Gasteiger partial charge in [0.1, 0.15) is 6.10 Å². The van der Waals surface area contributed by atoms with E-state index >= 15 is 0 Å². The fourth-order valence-electron chi connectivity index (χ4n) is 6.33. The lowest BCUT2D eigenvalue weighted by atomic mass is 9.53. The summed E-state index contributed by atoms with van der Waals surface area (Å²) >= 11 is 0. The Kier molecular flexibility index (Phi) is 4.32. The molecule has 1 N–H and O–H groups in total. The van der Waals surface area contributed by atoms with E-state index in [4.69, 9.17) is 9.47 Å². The lowest BCUT2D eigenvalue weighted by Gasteiger charge is -2.51. The number of fused-ring (bicyclic) bond motifs is 3. The first-order valence-electron chi connectivity index (χ1n) is 10.7. The van der Waals surface area contributed by atoms with E-state index in [-0.39, 0.29) is 29.0 Å². The second-order valence-electron chi connectivity index (χ2n) is 9.54. The number of hydrogen-bond acceptors (Lipinski definition) is 4. The minimum absolute atomic E-state index is 0.00745. The molecule has 0 radical (unpaired) electrons. The van der Waals surface area contributed by atoms with Gasteiger partial charge in [0, 0.05) is 12.5 Å². The molecule has 2 heterocycles. The van der Waals surface area contributed by atoms with Crippen LogP contribution in [0.5, 0.6) is 0 Å². The van der Waals surface area contributed by atoms with Crippen LogP contribution >= 0.6 is 0 Å². The monoisotopic (exact) mass is 369 g/mol. The molecule has 2 aliphatic heterocycles. The summed E-state index contributed by atoms with van der Waals surface area (Å²) in [4.78, 5) is 12.6. The van der Waals surface area contributed by atoms with Crippen LogP contribution in [-0.4, -0.2) is 37.4 Å². The van der Waals surface area contributed by atoms with Crippen molar-refractivity contribution < 1.29 is 14.3 Å². The van der Waals surface area contributed by atoms with E-state index in [9.17, 15) is 4.79 Å². The number of benzene rings is 1. The van der Waals surface area contributed by atoms with Crippen LogP contribution in [-0.2, 0) is 20.7 Å². The standard InChI is InChI=1S/C23H31NO3/c1-22-9-5-10-23(15-26-23)20(22)12-17-18(21(25)27-19(17)13-22)14-24-11-8-16-6-3-2-4-7-16/h2-4,6-7,17-20,24H,5,8-15H2,1H3/t17-,18+,19-,20+,22-,23+/m1/s1. The molecule has 0 amide bonds. The highest BCUT2D eigenvalue weighted by molar-refractivity contribution is 5.75. The average Bonchev–Trinajstić information content (AvgIpc) is 3.36. The van der Waals surface area contributed by atoms with Crippen LogP contribution in [0.1, 0.15) is 44.6 Å². The Morgan fingerprint density at radius 1 is 1.22 bits per heavy atom. The molecule has 2 aliphatic carbocycles. The maximum absolute atomic E-state index is 12.6. The Hall–Kier alpha value is -1.39. The molecular weight excluding hydrogens is 338 g/mol. The van der Waals surface area contributed by atoms with E-state index in [0.717, 1.165) is 39.0 Å². The smallest absolute Gasteiger partial charge is 0.310 e. The molecule has 0 bridgehead atoms. The fourth-order valence-corrected chi connectivity index (χ4v) is 6.33. The molecule has 0 unspecified atom stereocenters. The Balaban J connectivity index is 1.22. The molecule has 4 aliphatic rings. The molecular formula is C23H31NO3. The van der Waals surface area contributed by atoms with Crippen molar-refractivity contribution >= 4 is 5.97 Å². The third-order valence-electron chi connectivity index (χ3n) is 7.88. The molecule has 5 rings (SSSR count). The Morgan fingerprint density at radius 3 is 2.81 bits per heavy atom. The van der Waals surface area contributed by atoms with Crippen LogP contribution in [0.15, 0.2) is 30.3 Å². The molecule has 4 heteroatoms. The second-order valence-corrected chi connectivity index (χ2v) is 9.54. The van der Waals surface area contributed by atoms with Gasteiger partial charge in [0.05, 0.1) is 18.1 Å². The SMILES string of the molecule is C[C@]12CCC[C@]3(CO3)[C@H]1C[C@@H]1[C@H](CNCCc3ccccc3)C(=O)O[C@@H]1C2. The second kappa shape index (κ2) is 6.59. The number of esters is 1. The van der Waals surface area contributed by atoms with E-state index in [0.29, 0.717) is 11.8 Å². The van der Waals surface area contributed by atoms with Gasteiger partial charge >= 0.3 is 5.97 Å². The zero-order valence-corrected chi connectivity index (χ0v) is 16.3. The van der Waals surface area contributed by atoms with Crippen molar-refractivity contribution in [2.24, 2.45) is 23.2 Å². The first-order valence-corrected chi connectivity index (χ1v) is 10.7. The lowest BCUT2D eigenvalue weighted by Crippen LogP contribution is -2.51. The van der Waals surface area contributed by atoms with Crippen molar-refractivity contribution in [3.05, 3.63) is 35.9 Å². The third kappa shape index (κ3) is 3.11. The summed E-state index contributed by atoms with van der Waals surface area (Å²) in [6, 6.07) is 10.5. The Morgan fingerprint density at radius 2 is 2.04 bits per heavy atom. The Labute approximate surface area is 162 Å². The number of carbonyl (C=O) groups is 1. The van der Waals surface area contributed by atoms with E-state index < -0.39 is 0 Å². The summed E-state index contributed by atoms with van der Waals surface area (Å²) in [5, 5.41) is 3.53. The van der Waals surface area contributed by atoms with Crippen LogP contribution in [0, 0.1) is 23.2 Å². The van der Waals surface area contributed by atoms with Crippen molar-refractivity contribution in [2.45, 2.75) is 57.2 Å². The minimum Gasteiger partial charge on any atom is -0.462 e. The summed E-state index contributed by atoms with van der Waals surface area (Å²) in [5.41, 5.74) is 1.75. The highest BCUT2D eigenvalue weighted by Gasteiger charge is 2.64. The van der Waals surface area contributed by atoms with Gasteiger partial charge in [-0.2, -0.15) is 0 Å². The molecule has 4 fully saturated rings. The molecule has 6 atom stereocenters. The van der Waals surface area contributed by atoms with Crippen LogP contribution in [0.3, 0.4) is 0 Å². The maximum atomic E-state index is 12.6. The summed E-state index contributed by atoms with van der Waals surface area (Å²) in [7, 11) is 0. The molecule has 2 saturated carbocycles. The van der Waals surface area contributed by atoms with Crippen molar-refractivity contribution in [2.75, 3.05) is 19.7 Å². The highest BCUT2D eigenvalue weighted by Crippen LogP contribution is 2.62. The topological polar surface area (TPSA) is 50.9 Å². The maximum Gasteiger partial charge on any atom is 0.310 e. The summed E-state index contributed by atoms with van der Waals surface area (Å²) in [6.07, 6.45) is 6.95. The molecule has 1 aromatic carbocycles. The fraction of sp³-hybridized carbons (Fsp3) is 0.696. The van der Waals surface area contributed by atoms with Gasteiger partial charge < -0.3 is 14.8 Å². The summed E-state index contributed by atoms with van der Waals surface area (Å²) < 4.78 is 11.9.